The zero-order valence-electron chi connectivity index (χ0n) is 8.34. The van der Waals surface area contributed by atoms with Crippen molar-refractivity contribution in [2.45, 2.75) is 38.2 Å². The third-order valence-electron chi connectivity index (χ3n) is 2.32. The van der Waals surface area contributed by atoms with E-state index in [0.717, 1.165) is 39.2 Å². The van der Waals surface area contributed by atoms with E-state index in [1.807, 2.05) is 0 Å². The molecule has 1 aliphatic heterocycles. The van der Waals surface area contributed by atoms with Gasteiger partial charge in [0.15, 0.2) is 0 Å². The van der Waals surface area contributed by atoms with E-state index >= 15 is 0 Å². The van der Waals surface area contributed by atoms with Crippen LogP contribution in [0.4, 0.5) is 0 Å². The Labute approximate surface area is 80.6 Å². The Bertz CT molecular complexity index is 113. The first-order chi connectivity index (χ1) is 6.43. The van der Waals surface area contributed by atoms with Crippen LogP contribution in [0.3, 0.4) is 0 Å². The first kappa shape index (κ1) is 11.0. The molecule has 0 radical (unpaired) electrons. The predicted molar refractivity (Wildman–Crippen MR) is 52.7 cm³/mol. The molecule has 3 heteroatoms. The fraction of sp³-hybridized carbons (Fsp3) is 1.00. The van der Waals surface area contributed by atoms with Gasteiger partial charge in [-0.3, -0.25) is 0 Å². The molecule has 0 bridgehead atoms. The minimum Gasteiger partial charge on any atom is -0.379 e. The monoisotopic (exact) mass is 187 g/mol. The van der Waals surface area contributed by atoms with Gasteiger partial charge in [-0.05, 0) is 38.6 Å². The van der Waals surface area contributed by atoms with Crippen LogP contribution >= 0.6 is 0 Å². The van der Waals surface area contributed by atoms with Gasteiger partial charge in [0.1, 0.15) is 0 Å². The van der Waals surface area contributed by atoms with Gasteiger partial charge in [-0.15, -0.1) is 0 Å². The molecule has 78 valence electrons. The average Bonchev–Trinajstić information content (AvgIpc) is 2.63. The zero-order chi connectivity index (χ0) is 9.36. The molecule has 1 heterocycles. The highest BCUT2D eigenvalue weighted by molar-refractivity contribution is 4.63. The molecule has 0 amide bonds. The van der Waals surface area contributed by atoms with E-state index in [9.17, 15) is 0 Å². The largest absolute Gasteiger partial charge is 0.379 e. The summed E-state index contributed by atoms with van der Waals surface area (Å²) in [6, 6.07) is 0. The lowest BCUT2D eigenvalue weighted by Crippen LogP contribution is -2.14. The van der Waals surface area contributed by atoms with Crippen LogP contribution in [0.5, 0.6) is 0 Å². The van der Waals surface area contributed by atoms with Crippen molar-refractivity contribution in [1.82, 2.24) is 0 Å². The number of hydrogen-bond acceptors (Lipinski definition) is 3. The van der Waals surface area contributed by atoms with Crippen molar-refractivity contribution in [2.24, 2.45) is 5.73 Å². The van der Waals surface area contributed by atoms with E-state index in [-0.39, 0.29) is 0 Å². The van der Waals surface area contributed by atoms with Crippen molar-refractivity contribution in [3.05, 3.63) is 0 Å². The van der Waals surface area contributed by atoms with Crippen LogP contribution in [0.2, 0.25) is 0 Å². The number of unbranched alkanes of at least 4 members (excludes halogenated alkanes) is 2. The summed E-state index contributed by atoms with van der Waals surface area (Å²) in [4.78, 5) is 0. The van der Waals surface area contributed by atoms with Crippen molar-refractivity contribution in [1.29, 1.82) is 0 Å². The van der Waals surface area contributed by atoms with Gasteiger partial charge in [-0.2, -0.15) is 0 Å². The van der Waals surface area contributed by atoms with Gasteiger partial charge in [0.2, 0.25) is 0 Å². The Morgan fingerprint density at radius 2 is 2.23 bits per heavy atom. The highest BCUT2D eigenvalue weighted by atomic mass is 16.5. The summed E-state index contributed by atoms with van der Waals surface area (Å²) in [6.45, 7) is 3.36. The van der Waals surface area contributed by atoms with E-state index in [0.29, 0.717) is 6.10 Å². The molecule has 1 fully saturated rings. The molecule has 0 aliphatic carbocycles. The van der Waals surface area contributed by atoms with E-state index in [2.05, 4.69) is 0 Å². The van der Waals surface area contributed by atoms with E-state index in [4.69, 9.17) is 15.2 Å². The Morgan fingerprint density at radius 1 is 1.31 bits per heavy atom. The van der Waals surface area contributed by atoms with Crippen molar-refractivity contribution >= 4 is 0 Å². The van der Waals surface area contributed by atoms with E-state index in [1.165, 1.54) is 19.3 Å². The molecule has 1 aliphatic rings. The van der Waals surface area contributed by atoms with Crippen molar-refractivity contribution in [2.75, 3.05) is 26.4 Å². The third kappa shape index (κ3) is 5.24. The lowest BCUT2D eigenvalue weighted by atomic mass is 10.2. The number of hydrogen-bond donors (Lipinski definition) is 1. The van der Waals surface area contributed by atoms with Crippen LogP contribution in [-0.4, -0.2) is 32.5 Å². The standard InChI is InChI=1S/C10H21NO2/c11-6-2-1-3-7-12-9-10-5-4-8-13-10/h10H,1-9,11H2. The normalized spacial score (nSPS) is 22.4. The molecule has 0 spiro atoms. The SMILES string of the molecule is NCCCCCOCC1CCCO1. The number of rotatable bonds is 7. The van der Waals surface area contributed by atoms with Crippen LogP contribution in [0.15, 0.2) is 0 Å². The van der Waals surface area contributed by atoms with Crippen LogP contribution < -0.4 is 5.73 Å². The van der Waals surface area contributed by atoms with Crippen LogP contribution in [0.1, 0.15) is 32.1 Å². The molecule has 1 atom stereocenters. The molecule has 0 saturated carbocycles. The number of ether oxygens (including phenoxy) is 2. The molecule has 1 unspecified atom stereocenters. The lowest BCUT2D eigenvalue weighted by Gasteiger charge is -2.09. The maximum absolute atomic E-state index is 5.50. The molecule has 3 nitrogen and oxygen atoms in total. The Balaban J connectivity index is 1.78. The van der Waals surface area contributed by atoms with Gasteiger partial charge in [-0.1, -0.05) is 0 Å². The fourth-order valence-corrected chi connectivity index (χ4v) is 1.52. The van der Waals surface area contributed by atoms with Gasteiger partial charge in [0.05, 0.1) is 12.7 Å². The molecular weight excluding hydrogens is 166 g/mol. The van der Waals surface area contributed by atoms with Gasteiger partial charge >= 0.3 is 0 Å². The Hall–Kier alpha value is -0.120. The molecule has 1 saturated heterocycles. The summed E-state index contributed by atoms with van der Waals surface area (Å²) in [5.74, 6) is 0. The molecule has 2 N–H and O–H groups in total. The molecule has 13 heavy (non-hydrogen) atoms. The highest BCUT2D eigenvalue weighted by Gasteiger charge is 2.14. The molecular formula is C10H21NO2. The summed E-state index contributed by atoms with van der Waals surface area (Å²) >= 11 is 0. The summed E-state index contributed by atoms with van der Waals surface area (Å²) < 4.78 is 10.9. The van der Waals surface area contributed by atoms with Crippen LogP contribution in [0.25, 0.3) is 0 Å². The minimum atomic E-state index is 0.370. The molecule has 0 aromatic carbocycles. The maximum atomic E-state index is 5.50. The Morgan fingerprint density at radius 3 is 2.92 bits per heavy atom. The summed E-state index contributed by atoms with van der Waals surface area (Å²) in [6.07, 6.45) is 6.16. The first-order valence-electron chi connectivity index (χ1n) is 5.33. The van der Waals surface area contributed by atoms with E-state index in [1.54, 1.807) is 0 Å². The molecule has 0 aromatic heterocycles. The van der Waals surface area contributed by atoms with Gasteiger partial charge in [0.25, 0.3) is 0 Å². The van der Waals surface area contributed by atoms with Gasteiger partial charge < -0.3 is 15.2 Å². The van der Waals surface area contributed by atoms with Crippen molar-refractivity contribution < 1.29 is 9.47 Å². The zero-order valence-corrected chi connectivity index (χ0v) is 8.34. The number of nitrogens with two attached hydrogens (primary N) is 1. The first-order valence-corrected chi connectivity index (χ1v) is 5.33. The topological polar surface area (TPSA) is 44.5 Å². The highest BCUT2D eigenvalue weighted by Crippen LogP contribution is 2.11. The van der Waals surface area contributed by atoms with Crippen molar-refractivity contribution in [3.8, 4) is 0 Å². The predicted octanol–water partition coefficient (Wildman–Crippen LogP) is 1.31. The third-order valence-corrected chi connectivity index (χ3v) is 2.32. The molecule has 1 rings (SSSR count). The average molecular weight is 187 g/mol. The minimum absolute atomic E-state index is 0.370. The van der Waals surface area contributed by atoms with E-state index < -0.39 is 0 Å². The fourth-order valence-electron chi connectivity index (χ4n) is 1.52. The molecule has 0 aromatic rings. The Kier molecular flexibility index (Phi) is 6.15. The van der Waals surface area contributed by atoms with Crippen LogP contribution in [-0.2, 0) is 9.47 Å². The lowest BCUT2D eigenvalue weighted by molar-refractivity contribution is 0.0161. The quantitative estimate of drug-likeness (QED) is 0.611. The summed E-state index contributed by atoms with van der Waals surface area (Å²) in [5.41, 5.74) is 5.38. The van der Waals surface area contributed by atoms with Crippen molar-refractivity contribution in [3.63, 3.8) is 0 Å². The second-order valence-corrected chi connectivity index (χ2v) is 3.56. The van der Waals surface area contributed by atoms with Crippen LogP contribution in [0, 0.1) is 0 Å². The smallest absolute Gasteiger partial charge is 0.0809 e. The summed E-state index contributed by atoms with van der Waals surface area (Å²) in [5, 5.41) is 0. The summed E-state index contributed by atoms with van der Waals surface area (Å²) in [7, 11) is 0. The second-order valence-electron chi connectivity index (χ2n) is 3.56. The second kappa shape index (κ2) is 7.30. The maximum Gasteiger partial charge on any atom is 0.0809 e. The van der Waals surface area contributed by atoms with Gasteiger partial charge in [-0.25, -0.2) is 0 Å². The van der Waals surface area contributed by atoms with Gasteiger partial charge in [0, 0.05) is 13.2 Å².